The minimum Gasteiger partial charge on any atom is -0.369 e. The van der Waals surface area contributed by atoms with Gasteiger partial charge in [0.2, 0.25) is 0 Å². The monoisotopic (exact) mass is 537 g/mol. The predicted molar refractivity (Wildman–Crippen MR) is 147 cm³/mol. The fourth-order valence-corrected chi connectivity index (χ4v) is 4.45. The molecular weight excluding hydrogens is 509 g/mol. The highest BCUT2D eigenvalue weighted by Gasteiger charge is 2.43. The lowest BCUT2D eigenvalue weighted by Crippen LogP contribution is -2.42. The lowest BCUT2D eigenvalue weighted by Gasteiger charge is -2.22. The van der Waals surface area contributed by atoms with Crippen molar-refractivity contribution in [2.75, 3.05) is 0 Å². The second-order valence-electron chi connectivity index (χ2n) is 9.22. The number of nitrogens with zero attached hydrogens (tertiary/aromatic N) is 2. The van der Waals surface area contributed by atoms with Crippen LogP contribution in [0.5, 0.6) is 0 Å². The number of aryl methyl sites for hydroxylation is 1. The second kappa shape index (κ2) is 11.7. The molecule has 9 heteroatoms. The highest BCUT2D eigenvalue weighted by Crippen LogP contribution is 2.28. The van der Waals surface area contributed by atoms with E-state index in [2.05, 4.69) is 15.6 Å². The number of guanidine groups is 1. The van der Waals surface area contributed by atoms with Gasteiger partial charge in [0, 0.05) is 13.1 Å². The lowest BCUT2D eigenvalue weighted by atomic mass is 9.93. The number of benzene rings is 3. The fraction of sp³-hybridized carbons (Fsp3) is 0.250. The first-order valence-corrected chi connectivity index (χ1v) is 12.7. The Morgan fingerprint density at radius 3 is 2.19 bits per heavy atom. The third kappa shape index (κ3) is 6.81. The molecule has 0 radical (unpaired) electrons. The largest absolute Gasteiger partial charge is 0.369 e. The van der Waals surface area contributed by atoms with Gasteiger partial charge in [0.25, 0.3) is 5.91 Å². The van der Waals surface area contributed by atoms with Crippen molar-refractivity contribution < 1.29 is 9.59 Å². The number of rotatable bonds is 9. The molecule has 1 aliphatic rings. The Labute approximate surface area is 226 Å². The number of nitrogens with two attached hydrogens (primary N) is 1. The van der Waals surface area contributed by atoms with Crippen LogP contribution in [0.1, 0.15) is 35.6 Å². The summed E-state index contributed by atoms with van der Waals surface area (Å²) in [6.45, 7) is 2.87. The minimum absolute atomic E-state index is 0.0923. The molecule has 1 atom stereocenters. The van der Waals surface area contributed by atoms with Crippen LogP contribution in [0.25, 0.3) is 0 Å². The molecule has 0 aromatic heterocycles. The number of hydrogen-bond acceptors (Lipinski definition) is 4. The maximum Gasteiger partial charge on any atom is 0.315 e. The van der Waals surface area contributed by atoms with Crippen LogP contribution in [0.3, 0.4) is 0 Å². The maximum absolute atomic E-state index is 13.2. The van der Waals surface area contributed by atoms with Gasteiger partial charge in [0.05, 0.1) is 16.6 Å². The second-order valence-corrected chi connectivity index (χ2v) is 10.0. The van der Waals surface area contributed by atoms with E-state index in [1.54, 1.807) is 12.1 Å². The molecule has 1 aliphatic heterocycles. The van der Waals surface area contributed by atoms with Gasteiger partial charge in [-0.2, -0.15) is 0 Å². The van der Waals surface area contributed by atoms with Crippen LogP contribution in [0.15, 0.2) is 77.8 Å². The molecular formula is C28H29Cl2N5O2. The summed E-state index contributed by atoms with van der Waals surface area (Å²) in [5, 5.41) is 6.54. The number of carbonyl (C=O) groups is 2. The van der Waals surface area contributed by atoms with Crippen LogP contribution in [-0.4, -0.2) is 28.3 Å². The van der Waals surface area contributed by atoms with Crippen LogP contribution in [-0.2, 0) is 30.8 Å². The summed E-state index contributed by atoms with van der Waals surface area (Å²) in [5.74, 6) is 0.148. The molecule has 4 rings (SSSR count). The van der Waals surface area contributed by atoms with Crippen LogP contribution in [0.4, 0.5) is 4.79 Å². The quantitative estimate of drug-likeness (QED) is 0.356. The van der Waals surface area contributed by atoms with Crippen LogP contribution in [0, 0.1) is 0 Å². The summed E-state index contributed by atoms with van der Waals surface area (Å²) in [5.41, 5.74) is 9.14. The number of halogens is 2. The van der Waals surface area contributed by atoms with E-state index in [-0.39, 0.29) is 17.9 Å². The van der Waals surface area contributed by atoms with Gasteiger partial charge in [0.15, 0.2) is 5.96 Å². The lowest BCUT2D eigenvalue weighted by molar-refractivity contribution is -0.131. The summed E-state index contributed by atoms with van der Waals surface area (Å²) in [7, 11) is 0. The van der Waals surface area contributed by atoms with Crippen LogP contribution < -0.4 is 16.4 Å². The number of aliphatic imine (C=N–C) groups is 1. The van der Waals surface area contributed by atoms with Crippen LogP contribution >= 0.6 is 23.2 Å². The van der Waals surface area contributed by atoms with E-state index in [0.29, 0.717) is 36.1 Å². The molecule has 0 saturated heterocycles. The van der Waals surface area contributed by atoms with Crippen molar-refractivity contribution in [1.29, 1.82) is 0 Å². The predicted octanol–water partition coefficient (Wildman–Crippen LogP) is 5.04. The molecule has 0 bridgehead atoms. The molecule has 37 heavy (non-hydrogen) atoms. The van der Waals surface area contributed by atoms with E-state index in [1.807, 2.05) is 67.6 Å². The van der Waals surface area contributed by atoms with Crippen molar-refractivity contribution in [3.63, 3.8) is 0 Å². The van der Waals surface area contributed by atoms with E-state index in [0.717, 1.165) is 28.7 Å². The molecule has 0 aliphatic carbocycles. The first-order chi connectivity index (χ1) is 17.7. The Morgan fingerprint density at radius 2 is 1.51 bits per heavy atom. The Hall–Kier alpha value is -3.55. The number of amides is 3. The first kappa shape index (κ1) is 26.5. The van der Waals surface area contributed by atoms with Gasteiger partial charge in [-0.15, -0.1) is 0 Å². The number of hydrogen-bond donors (Lipinski definition) is 3. The Balaban J connectivity index is 1.26. The average molecular weight is 538 g/mol. The number of nitrogens with one attached hydrogen (secondary N) is 2. The van der Waals surface area contributed by atoms with Gasteiger partial charge in [0.1, 0.15) is 5.54 Å². The summed E-state index contributed by atoms with van der Waals surface area (Å²) in [4.78, 5) is 31.4. The molecule has 4 N–H and O–H groups in total. The van der Waals surface area contributed by atoms with Crippen molar-refractivity contribution in [2.24, 2.45) is 10.7 Å². The van der Waals surface area contributed by atoms with E-state index < -0.39 is 5.54 Å². The Morgan fingerprint density at radius 1 is 0.892 bits per heavy atom. The molecule has 0 unspecified atom stereocenters. The topological polar surface area (TPSA) is 99.8 Å². The third-order valence-electron chi connectivity index (χ3n) is 6.34. The molecule has 3 aromatic carbocycles. The zero-order valence-electron chi connectivity index (χ0n) is 20.5. The van der Waals surface area contributed by atoms with Gasteiger partial charge >= 0.3 is 6.03 Å². The van der Waals surface area contributed by atoms with Gasteiger partial charge in [-0.1, -0.05) is 83.9 Å². The standard InChI is InChI=1S/C28H29Cl2N5O2/c1-28(14-13-19-5-3-2-4-6-19)25(36)35(26(31)34-28)18-21-9-7-20(8-10-21)16-32-27(37)33-17-22-11-12-23(29)24(30)15-22/h2-12,15H,13-14,16-18H2,1H3,(H2,31,34)(H2,32,33,37)/t28-/m1/s1. The molecule has 0 saturated carbocycles. The number of urea groups is 1. The Kier molecular flexibility index (Phi) is 8.36. The van der Waals surface area contributed by atoms with E-state index in [1.165, 1.54) is 4.90 Å². The van der Waals surface area contributed by atoms with E-state index in [4.69, 9.17) is 28.9 Å². The van der Waals surface area contributed by atoms with Crippen molar-refractivity contribution >= 4 is 41.1 Å². The fourth-order valence-electron chi connectivity index (χ4n) is 4.13. The Bertz CT molecular complexity index is 1300. The zero-order valence-corrected chi connectivity index (χ0v) is 22.0. The van der Waals surface area contributed by atoms with Crippen molar-refractivity contribution in [3.05, 3.63) is 105 Å². The van der Waals surface area contributed by atoms with Gasteiger partial charge < -0.3 is 16.4 Å². The van der Waals surface area contributed by atoms with Gasteiger partial charge in [-0.25, -0.2) is 9.79 Å². The molecule has 1 heterocycles. The van der Waals surface area contributed by atoms with Crippen molar-refractivity contribution in [1.82, 2.24) is 15.5 Å². The smallest absolute Gasteiger partial charge is 0.315 e. The molecule has 3 amide bonds. The normalized spacial score (nSPS) is 17.0. The zero-order chi connectivity index (χ0) is 26.4. The molecule has 0 fully saturated rings. The van der Waals surface area contributed by atoms with Crippen molar-refractivity contribution in [2.45, 2.75) is 44.9 Å². The molecule has 192 valence electrons. The number of carbonyl (C=O) groups excluding carboxylic acids is 2. The summed E-state index contributed by atoms with van der Waals surface area (Å²) in [6.07, 6.45) is 1.33. The summed E-state index contributed by atoms with van der Waals surface area (Å²) >= 11 is 11.9. The van der Waals surface area contributed by atoms with Gasteiger partial charge in [-0.05, 0) is 54.2 Å². The van der Waals surface area contributed by atoms with Gasteiger partial charge in [-0.3, -0.25) is 9.69 Å². The highest BCUT2D eigenvalue weighted by atomic mass is 35.5. The highest BCUT2D eigenvalue weighted by molar-refractivity contribution is 6.42. The molecule has 3 aromatic rings. The summed E-state index contributed by atoms with van der Waals surface area (Å²) in [6, 6.07) is 22.6. The van der Waals surface area contributed by atoms with E-state index >= 15 is 0 Å². The third-order valence-corrected chi connectivity index (χ3v) is 7.08. The summed E-state index contributed by atoms with van der Waals surface area (Å²) < 4.78 is 0. The average Bonchev–Trinajstić information content (AvgIpc) is 3.11. The SMILES string of the molecule is C[C@]1(CCc2ccccc2)N=C(N)N(Cc2ccc(CNC(=O)NCc3ccc(Cl)c(Cl)c3)cc2)C1=O. The van der Waals surface area contributed by atoms with Crippen molar-refractivity contribution in [3.8, 4) is 0 Å². The molecule has 7 nitrogen and oxygen atoms in total. The van der Waals surface area contributed by atoms with Crippen LogP contribution in [0.2, 0.25) is 10.0 Å². The minimum atomic E-state index is -0.867. The first-order valence-electron chi connectivity index (χ1n) is 12.0. The van der Waals surface area contributed by atoms with E-state index in [9.17, 15) is 9.59 Å². The molecule has 0 spiro atoms. The maximum atomic E-state index is 13.2.